The van der Waals surface area contributed by atoms with Crippen molar-refractivity contribution in [2.45, 2.75) is 65.0 Å². The van der Waals surface area contributed by atoms with Crippen LogP contribution in [-0.2, 0) is 19.4 Å². The van der Waals surface area contributed by atoms with Crippen LogP contribution < -0.4 is 15.4 Å². The van der Waals surface area contributed by atoms with Crippen molar-refractivity contribution in [2.24, 2.45) is 4.99 Å². The molecule has 0 amide bonds. The molecule has 0 aliphatic carbocycles. The topological polar surface area (TPSA) is 76.4 Å². The molecule has 0 spiro atoms. The number of guanidine groups is 1. The van der Waals surface area contributed by atoms with Crippen LogP contribution in [0.5, 0.6) is 5.75 Å². The third-order valence-corrected chi connectivity index (χ3v) is 5.18. The van der Waals surface area contributed by atoms with Gasteiger partial charge in [-0.05, 0) is 38.3 Å². The smallest absolute Gasteiger partial charge is 0.191 e. The van der Waals surface area contributed by atoms with Crippen molar-refractivity contribution in [1.29, 1.82) is 0 Å². The summed E-state index contributed by atoms with van der Waals surface area (Å²) in [4.78, 5) is 4.66. The number of hydrogen-bond donors (Lipinski definition) is 2. The average Bonchev–Trinajstić information content (AvgIpc) is 2.97. The molecule has 1 aliphatic heterocycles. The molecule has 1 unspecified atom stereocenters. The Morgan fingerprint density at radius 2 is 2.10 bits per heavy atom. The minimum Gasteiger partial charge on any atom is -0.488 e. The van der Waals surface area contributed by atoms with Crippen LogP contribution in [0.15, 0.2) is 29.3 Å². The molecule has 2 aromatic rings. The molecule has 0 fully saturated rings. The van der Waals surface area contributed by atoms with Crippen LogP contribution >= 0.6 is 24.0 Å². The zero-order valence-electron chi connectivity index (χ0n) is 18.4. The molecule has 2 heterocycles. The maximum atomic E-state index is 13.4. The Hall–Kier alpha value is -1.91. The van der Waals surface area contributed by atoms with Gasteiger partial charge in [0, 0.05) is 38.5 Å². The molecule has 3 rings (SSSR count). The van der Waals surface area contributed by atoms with E-state index >= 15 is 0 Å². The molecule has 0 radical (unpaired) electrons. The normalized spacial score (nSPS) is 14.7. The van der Waals surface area contributed by atoms with Crippen LogP contribution in [0.4, 0.5) is 4.39 Å². The van der Waals surface area contributed by atoms with Crippen molar-refractivity contribution in [3.8, 4) is 5.75 Å². The van der Waals surface area contributed by atoms with E-state index in [1.165, 1.54) is 31.4 Å². The maximum Gasteiger partial charge on any atom is 0.191 e. The van der Waals surface area contributed by atoms with Crippen LogP contribution in [0.1, 0.15) is 51.2 Å². The highest BCUT2D eigenvalue weighted by molar-refractivity contribution is 14.0. The maximum absolute atomic E-state index is 13.4. The van der Waals surface area contributed by atoms with Crippen LogP contribution in [0.3, 0.4) is 0 Å². The van der Waals surface area contributed by atoms with Gasteiger partial charge in [-0.2, -0.15) is 0 Å². The Bertz CT molecular complexity index is 828. The molecular formula is C22H34FIN6O. The number of nitrogens with zero attached hydrogens (tertiary/aromatic N) is 4. The standard InChI is InChI=1S/C22H33FN6O.HI/c1-3-18(30-19-10-8-9-17(23)15-19)16-26-22(24-4-2)25-13-12-21-28-27-20-11-6-5-7-14-29(20)21;/h8-10,15,18H,3-7,11-14,16H2,1-2H3,(H2,24,25,26);1H. The van der Waals surface area contributed by atoms with E-state index in [4.69, 9.17) is 4.74 Å². The molecule has 172 valence electrons. The summed E-state index contributed by atoms with van der Waals surface area (Å²) in [6, 6.07) is 6.22. The fourth-order valence-electron chi connectivity index (χ4n) is 3.54. The fraction of sp³-hybridized carbons (Fsp3) is 0.591. The van der Waals surface area contributed by atoms with Gasteiger partial charge in [-0.15, -0.1) is 34.2 Å². The van der Waals surface area contributed by atoms with Gasteiger partial charge in [0.15, 0.2) is 5.96 Å². The first-order valence-electron chi connectivity index (χ1n) is 11.0. The molecule has 0 saturated carbocycles. The van der Waals surface area contributed by atoms with Gasteiger partial charge in [-0.25, -0.2) is 9.38 Å². The Morgan fingerprint density at radius 3 is 2.87 bits per heavy atom. The Balaban J connectivity index is 0.00000341. The van der Waals surface area contributed by atoms with Crippen molar-refractivity contribution in [3.63, 3.8) is 0 Å². The second-order valence-corrected chi connectivity index (χ2v) is 7.50. The first-order chi connectivity index (χ1) is 14.7. The SMILES string of the molecule is CCNC(=NCC(CC)Oc1cccc(F)c1)NCCc1nnc2n1CCCCC2.I. The van der Waals surface area contributed by atoms with Crippen LogP contribution in [0.2, 0.25) is 0 Å². The second-order valence-electron chi connectivity index (χ2n) is 7.50. The number of nitrogens with one attached hydrogen (secondary N) is 2. The summed E-state index contributed by atoms with van der Waals surface area (Å²) in [5.74, 6) is 3.13. The van der Waals surface area contributed by atoms with E-state index in [0.717, 1.165) is 56.5 Å². The van der Waals surface area contributed by atoms with E-state index < -0.39 is 0 Å². The highest BCUT2D eigenvalue weighted by atomic mass is 127. The van der Waals surface area contributed by atoms with E-state index in [9.17, 15) is 4.39 Å². The number of hydrogen-bond acceptors (Lipinski definition) is 4. The number of aryl methyl sites for hydroxylation is 1. The van der Waals surface area contributed by atoms with E-state index in [2.05, 4.69) is 30.4 Å². The molecule has 1 aromatic carbocycles. The zero-order chi connectivity index (χ0) is 21.2. The number of ether oxygens (including phenoxy) is 1. The molecule has 0 saturated heterocycles. The van der Waals surface area contributed by atoms with Crippen molar-refractivity contribution >= 4 is 29.9 Å². The summed E-state index contributed by atoms with van der Waals surface area (Å²) in [6.45, 7) is 7.08. The highest BCUT2D eigenvalue weighted by Gasteiger charge is 2.14. The summed E-state index contributed by atoms with van der Waals surface area (Å²) in [7, 11) is 0. The Morgan fingerprint density at radius 1 is 1.23 bits per heavy atom. The quantitative estimate of drug-likeness (QED) is 0.286. The first-order valence-corrected chi connectivity index (χ1v) is 11.0. The highest BCUT2D eigenvalue weighted by Crippen LogP contribution is 2.16. The number of aromatic nitrogens is 3. The summed E-state index contributed by atoms with van der Waals surface area (Å²) >= 11 is 0. The lowest BCUT2D eigenvalue weighted by Gasteiger charge is -2.17. The zero-order valence-corrected chi connectivity index (χ0v) is 20.8. The number of aliphatic imine (C=N–C) groups is 1. The third kappa shape index (κ3) is 7.93. The van der Waals surface area contributed by atoms with E-state index in [-0.39, 0.29) is 35.9 Å². The molecule has 7 nitrogen and oxygen atoms in total. The minimum absolute atomic E-state index is 0. The molecule has 1 aromatic heterocycles. The van der Waals surface area contributed by atoms with Gasteiger partial charge in [0.05, 0.1) is 6.54 Å². The summed E-state index contributed by atoms with van der Waals surface area (Å²) in [5, 5.41) is 15.4. The predicted molar refractivity (Wildman–Crippen MR) is 132 cm³/mol. The number of fused-ring (bicyclic) bond motifs is 1. The second kappa shape index (κ2) is 13.5. The number of benzene rings is 1. The van der Waals surface area contributed by atoms with Crippen molar-refractivity contribution in [3.05, 3.63) is 41.7 Å². The predicted octanol–water partition coefficient (Wildman–Crippen LogP) is 3.72. The average molecular weight is 544 g/mol. The van der Waals surface area contributed by atoms with Crippen molar-refractivity contribution < 1.29 is 9.13 Å². The third-order valence-electron chi connectivity index (χ3n) is 5.18. The minimum atomic E-state index is -0.299. The molecule has 1 atom stereocenters. The molecule has 2 N–H and O–H groups in total. The van der Waals surface area contributed by atoms with Gasteiger partial charge in [0.1, 0.15) is 29.3 Å². The van der Waals surface area contributed by atoms with E-state index in [0.29, 0.717) is 12.3 Å². The van der Waals surface area contributed by atoms with Gasteiger partial charge in [-0.3, -0.25) is 0 Å². The van der Waals surface area contributed by atoms with Gasteiger partial charge in [0.25, 0.3) is 0 Å². The molecule has 0 bridgehead atoms. The molecular weight excluding hydrogens is 510 g/mol. The summed E-state index contributed by atoms with van der Waals surface area (Å²) in [5.41, 5.74) is 0. The lowest BCUT2D eigenvalue weighted by atomic mass is 10.2. The molecule has 31 heavy (non-hydrogen) atoms. The molecule has 9 heteroatoms. The fourth-order valence-corrected chi connectivity index (χ4v) is 3.54. The monoisotopic (exact) mass is 544 g/mol. The van der Waals surface area contributed by atoms with Gasteiger partial charge in [-0.1, -0.05) is 19.4 Å². The largest absolute Gasteiger partial charge is 0.488 e. The number of halogens is 2. The summed E-state index contributed by atoms with van der Waals surface area (Å²) < 4.78 is 21.5. The van der Waals surface area contributed by atoms with Gasteiger partial charge < -0.3 is 19.9 Å². The van der Waals surface area contributed by atoms with Crippen LogP contribution in [0, 0.1) is 5.82 Å². The molecule has 1 aliphatic rings. The summed E-state index contributed by atoms with van der Waals surface area (Å²) in [6.07, 6.45) is 6.14. The lowest BCUT2D eigenvalue weighted by molar-refractivity contribution is 0.205. The van der Waals surface area contributed by atoms with Gasteiger partial charge in [0.2, 0.25) is 0 Å². The van der Waals surface area contributed by atoms with Gasteiger partial charge >= 0.3 is 0 Å². The van der Waals surface area contributed by atoms with Crippen molar-refractivity contribution in [1.82, 2.24) is 25.4 Å². The van der Waals surface area contributed by atoms with E-state index in [1.807, 2.05) is 13.8 Å². The van der Waals surface area contributed by atoms with Crippen LogP contribution in [0.25, 0.3) is 0 Å². The van der Waals surface area contributed by atoms with Crippen LogP contribution in [-0.4, -0.2) is 46.5 Å². The lowest BCUT2D eigenvalue weighted by Crippen LogP contribution is -2.39. The first kappa shape index (κ1) is 25.4. The number of rotatable bonds is 9. The van der Waals surface area contributed by atoms with Crippen molar-refractivity contribution in [2.75, 3.05) is 19.6 Å². The van der Waals surface area contributed by atoms with E-state index in [1.54, 1.807) is 12.1 Å². The Kier molecular flexibility index (Phi) is 11.0. The Labute approximate surface area is 201 Å².